The maximum Gasteiger partial charge on any atom is 0.323 e. The summed E-state index contributed by atoms with van der Waals surface area (Å²) < 4.78 is 23.5. The van der Waals surface area contributed by atoms with Crippen LogP contribution in [-0.4, -0.2) is 49.1 Å². The molecule has 7 heteroatoms. The van der Waals surface area contributed by atoms with Crippen LogP contribution in [0.3, 0.4) is 0 Å². The first-order valence-electron chi connectivity index (χ1n) is 7.97. The highest BCUT2D eigenvalue weighted by Gasteiger charge is 2.18. The first kappa shape index (κ1) is 20.2. The van der Waals surface area contributed by atoms with Crippen molar-refractivity contribution in [2.75, 3.05) is 18.8 Å². The first-order valence-corrected chi connectivity index (χ1v) is 9.62. The summed E-state index contributed by atoms with van der Waals surface area (Å²) in [4.78, 5) is 24.7. The lowest BCUT2D eigenvalue weighted by atomic mass is 10.1. The van der Waals surface area contributed by atoms with Gasteiger partial charge in [-0.3, -0.25) is 9.59 Å². The molecule has 0 spiro atoms. The Morgan fingerprint density at radius 1 is 1.17 bits per heavy atom. The van der Waals surface area contributed by atoms with Crippen molar-refractivity contribution in [1.29, 1.82) is 0 Å². The second-order valence-corrected chi connectivity index (χ2v) is 8.39. The van der Waals surface area contributed by atoms with Crippen LogP contribution in [0.5, 0.6) is 0 Å². The quantitative estimate of drug-likeness (QED) is 0.731. The fourth-order valence-electron chi connectivity index (χ4n) is 2.30. The average Bonchev–Trinajstić information content (AvgIpc) is 2.51. The number of carbonyl (C=O) groups is 2. The van der Waals surface area contributed by atoms with Gasteiger partial charge in [-0.1, -0.05) is 32.9 Å². The molecule has 6 nitrogen and oxygen atoms in total. The third-order valence-corrected chi connectivity index (χ3v) is 5.30. The molecular formula is C17H25NO5S. The lowest BCUT2D eigenvalue weighted by Crippen LogP contribution is -2.38. The van der Waals surface area contributed by atoms with E-state index in [9.17, 15) is 18.0 Å². The summed E-state index contributed by atoms with van der Waals surface area (Å²) in [6, 6.07) is 6.48. The summed E-state index contributed by atoms with van der Waals surface area (Å²) in [5.41, 5.74) is 0.846. The summed E-state index contributed by atoms with van der Waals surface area (Å²) in [5.74, 6) is -1.01. The van der Waals surface area contributed by atoms with Crippen LogP contribution in [0.1, 0.15) is 32.8 Å². The summed E-state index contributed by atoms with van der Waals surface area (Å²) in [5, 5.41) is 8.91. The van der Waals surface area contributed by atoms with Gasteiger partial charge in [0.2, 0.25) is 5.91 Å². The van der Waals surface area contributed by atoms with Gasteiger partial charge in [0.1, 0.15) is 6.54 Å². The molecule has 0 radical (unpaired) electrons. The monoisotopic (exact) mass is 355 g/mol. The second kappa shape index (κ2) is 8.82. The second-order valence-electron chi connectivity index (χ2n) is 6.11. The van der Waals surface area contributed by atoms with Gasteiger partial charge in [0, 0.05) is 13.0 Å². The zero-order chi connectivity index (χ0) is 18.3. The minimum absolute atomic E-state index is 0.0458. The van der Waals surface area contributed by atoms with Crippen molar-refractivity contribution in [2.45, 2.75) is 38.5 Å². The molecule has 1 aromatic carbocycles. The number of carboxylic acids is 1. The number of hydrogen-bond acceptors (Lipinski definition) is 4. The molecule has 0 aliphatic rings. The SMILES string of the molecule is CCS(=O)(=O)c1ccc(CCC(=O)N(CC(=O)O)CC(C)C)cc1. The van der Waals surface area contributed by atoms with E-state index in [2.05, 4.69) is 0 Å². The van der Waals surface area contributed by atoms with E-state index in [1.165, 1.54) is 4.90 Å². The Kier molecular flexibility index (Phi) is 7.41. The van der Waals surface area contributed by atoms with Crippen LogP contribution < -0.4 is 0 Å². The molecule has 1 aromatic rings. The van der Waals surface area contributed by atoms with Crippen LogP contribution in [0, 0.1) is 5.92 Å². The van der Waals surface area contributed by atoms with Gasteiger partial charge in [-0.2, -0.15) is 0 Å². The third kappa shape index (κ3) is 6.31. The number of aliphatic carboxylic acids is 1. The van der Waals surface area contributed by atoms with E-state index in [0.29, 0.717) is 13.0 Å². The molecule has 0 aliphatic carbocycles. The van der Waals surface area contributed by atoms with Gasteiger partial charge in [0.05, 0.1) is 10.6 Å². The number of carbonyl (C=O) groups excluding carboxylic acids is 1. The van der Waals surface area contributed by atoms with E-state index in [1.54, 1.807) is 31.2 Å². The average molecular weight is 355 g/mol. The molecule has 0 unspecified atom stereocenters. The van der Waals surface area contributed by atoms with Gasteiger partial charge in [-0.15, -0.1) is 0 Å². The van der Waals surface area contributed by atoms with E-state index in [0.717, 1.165) is 5.56 Å². The Labute approximate surface area is 143 Å². The minimum Gasteiger partial charge on any atom is -0.480 e. The highest BCUT2D eigenvalue weighted by molar-refractivity contribution is 7.91. The van der Waals surface area contributed by atoms with Crippen molar-refractivity contribution < 1.29 is 23.1 Å². The fraction of sp³-hybridized carbons (Fsp3) is 0.529. The number of benzene rings is 1. The summed E-state index contributed by atoms with van der Waals surface area (Å²) in [7, 11) is -3.23. The predicted octanol–water partition coefficient (Wildman–Crippen LogP) is 1.98. The predicted molar refractivity (Wildman–Crippen MR) is 91.5 cm³/mol. The van der Waals surface area contributed by atoms with Crippen LogP contribution in [0.25, 0.3) is 0 Å². The van der Waals surface area contributed by atoms with Crippen LogP contribution in [0.15, 0.2) is 29.2 Å². The van der Waals surface area contributed by atoms with Gasteiger partial charge in [0.15, 0.2) is 9.84 Å². The Morgan fingerprint density at radius 2 is 1.75 bits per heavy atom. The third-order valence-electron chi connectivity index (χ3n) is 3.55. The van der Waals surface area contributed by atoms with Crippen LogP contribution in [-0.2, 0) is 25.8 Å². The van der Waals surface area contributed by atoms with Gasteiger partial charge in [-0.05, 0) is 30.0 Å². The van der Waals surface area contributed by atoms with E-state index in [-0.39, 0.29) is 35.4 Å². The van der Waals surface area contributed by atoms with Gasteiger partial charge in [0.25, 0.3) is 0 Å². The van der Waals surface area contributed by atoms with Crippen molar-refractivity contribution in [1.82, 2.24) is 4.90 Å². The van der Waals surface area contributed by atoms with E-state index in [1.807, 2.05) is 13.8 Å². The van der Waals surface area contributed by atoms with Crippen molar-refractivity contribution in [2.24, 2.45) is 5.92 Å². The molecule has 0 heterocycles. The highest BCUT2D eigenvalue weighted by Crippen LogP contribution is 2.14. The van der Waals surface area contributed by atoms with Crippen LogP contribution >= 0.6 is 0 Å². The number of nitrogens with zero attached hydrogens (tertiary/aromatic N) is 1. The number of rotatable bonds is 9. The standard InChI is InChI=1S/C17H25NO5S/c1-4-24(22,23)15-8-5-14(6-9-15)7-10-16(19)18(11-13(2)3)12-17(20)21/h5-6,8-9,13H,4,7,10-12H2,1-3H3,(H,20,21). The van der Waals surface area contributed by atoms with Crippen molar-refractivity contribution in [3.05, 3.63) is 29.8 Å². The maximum atomic E-state index is 12.2. The Bertz CT molecular complexity index is 665. The van der Waals surface area contributed by atoms with Crippen molar-refractivity contribution in [3.8, 4) is 0 Å². The molecule has 24 heavy (non-hydrogen) atoms. The Balaban J connectivity index is 2.69. The summed E-state index contributed by atoms with van der Waals surface area (Å²) in [6.07, 6.45) is 0.638. The maximum absolute atomic E-state index is 12.2. The van der Waals surface area contributed by atoms with Crippen LogP contribution in [0.2, 0.25) is 0 Å². The number of aryl methyl sites for hydroxylation is 1. The van der Waals surface area contributed by atoms with Crippen molar-refractivity contribution in [3.63, 3.8) is 0 Å². The molecule has 0 atom stereocenters. The highest BCUT2D eigenvalue weighted by atomic mass is 32.2. The molecule has 134 valence electrons. The lowest BCUT2D eigenvalue weighted by Gasteiger charge is -2.22. The number of sulfone groups is 1. The molecule has 0 aromatic heterocycles. The Hall–Kier alpha value is -1.89. The molecule has 1 N–H and O–H groups in total. The number of hydrogen-bond donors (Lipinski definition) is 1. The lowest BCUT2D eigenvalue weighted by molar-refractivity contribution is -0.144. The molecule has 0 bridgehead atoms. The molecule has 1 rings (SSSR count). The largest absolute Gasteiger partial charge is 0.480 e. The molecular weight excluding hydrogens is 330 g/mol. The topological polar surface area (TPSA) is 91.8 Å². The molecule has 0 saturated carbocycles. The fourth-order valence-corrected chi connectivity index (χ4v) is 3.18. The normalized spacial score (nSPS) is 11.5. The molecule has 0 saturated heterocycles. The number of amides is 1. The van der Waals surface area contributed by atoms with Crippen LogP contribution in [0.4, 0.5) is 0 Å². The zero-order valence-corrected chi connectivity index (χ0v) is 15.2. The van der Waals surface area contributed by atoms with Crippen molar-refractivity contribution >= 4 is 21.7 Å². The van der Waals surface area contributed by atoms with Gasteiger partial charge >= 0.3 is 5.97 Å². The van der Waals surface area contributed by atoms with E-state index < -0.39 is 15.8 Å². The van der Waals surface area contributed by atoms with Gasteiger partial charge in [-0.25, -0.2) is 8.42 Å². The zero-order valence-electron chi connectivity index (χ0n) is 14.4. The molecule has 0 fully saturated rings. The van der Waals surface area contributed by atoms with E-state index >= 15 is 0 Å². The minimum atomic E-state index is -3.23. The Morgan fingerprint density at radius 3 is 2.21 bits per heavy atom. The first-order chi connectivity index (χ1) is 11.2. The number of carboxylic acid groups (broad SMARTS) is 1. The smallest absolute Gasteiger partial charge is 0.323 e. The summed E-state index contributed by atoms with van der Waals surface area (Å²) in [6.45, 7) is 5.54. The van der Waals surface area contributed by atoms with Gasteiger partial charge < -0.3 is 10.0 Å². The molecule has 1 amide bonds. The van der Waals surface area contributed by atoms with E-state index in [4.69, 9.17) is 5.11 Å². The summed E-state index contributed by atoms with van der Waals surface area (Å²) >= 11 is 0. The molecule has 0 aliphatic heterocycles.